The fraction of sp³-hybridized carbons (Fsp3) is 1.00. The van der Waals surface area contributed by atoms with E-state index in [9.17, 15) is 0 Å². The molecule has 0 aromatic carbocycles. The van der Waals surface area contributed by atoms with Gasteiger partial charge in [-0.05, 0) is 32.7 Å². The molecule has 1 heterocycles. The highest BCUT2D eigenvalue weighted by atomic mass is 28.4. The summed E-state index contributed by atoms with van der Waals surface area (Å²) < 4.78 is 18.9. The van der Waals surface area contributed by atoms with Gasteiger partial charge in [0.25, 0.3) is 0 Å². The first kappa shape index (κ1) is 13.9. The van der Waals surface area contributed by atoms with Gasteiger partial charge in [-0.25, -0.2) is 0 Å². The largest absolute Gasteiger partial charge is 0.341 e. The lowest BCUT2D eigenvalue weighted by atomic mass is 11.9. The Morgan fingerprint density at radius 2 is 0.533 bits per heavy atom. The van der Waals surface area contributed by atoms with Crippen molar-refractivity contribution in [3.8, 4) is 0 Å². The van der Waals surface area contributed by atoms with E-state index in [1.54, 1.807) is 0 Å². The highest BCUT2D eigenvalue weighted by Crippen LogP contribution is 1.83. The van der Waals surface area contributed by atoms with Crippen LogP contribution in [0.3, 0.4) is 0 Å². The van der Waals surface area contributed by atoms with Crippen molar-refractivity contribution in [3.63, 3.8) is 0 Å². The van der Waals surface area contributed by atoms with E-state index in [1.165, 1.54) is 0 Å². The second kappa shape index (κ2) is 6.58. The fourth-order valence-electron chi connectivity index (χ4n) is 2.12. The highest BCUT2D eigenvalue weighted by Gasteiger charge is 2.20. The van der Waals surface area contributed by atoms with Gasteiger partial charge in [0.05, 0.1) is 0 Å². The minimum absolute atomic E-state index is 0.873. The molecule has 0 radical (unpaired) electrons. The molecule has 0 bridgehead atoms. The van der Waals surface area contributed by atoms with Crippen molar-refractivity contribution in [2.24, 2.45) is 0 Å². The summed E-state index contributed by atoms with van der Waals surface area (Å²) in [7, 11) is -4.36. The van der Waals surface area contributed by atoms with E-state index in [0.29, 0.717) is 0 Å². The molecule has 0 aromatic rings. The topological polar surface area (TPSA) is 60.1 Å². The van der Waals surface area contributed by atoms with Crippen molar-refractivity contribution < 1.29 is 0 Å². The van der Waals surface area contributed by atoms with Crippen molar-refractivity contribution in [3.05, 3.63) is 0 Å². The Morgan fingerprint density at radius 3 is 0.667 bits per heavy atom. The van der Waals surface area contributed by atoms with Gasteiger partial charge in [0.1, 0.15) is 0 Å². The monoisotopic (exact) mass is 295 g/mol. The maximum absolute atomic E-state index is 3.79. The normalized spacial score (nSPS) is 45.0. The third kappa shape index (κ3) is 5.67. The minimum Gasteiger partial charge on any atom is -0.341 e. The lowest BCUT2D eigenvalue weighted by Crippen LogP contribution is -2.71. The van der Waals surface area contributed by atoms with Crippen molar-refractivity contribution >= 4 is 45.6 Å². The molecule has 0 aromatic heterocycles. The predicted molar refractivity (Wildman–Crippen MR) is 80.7 cm³/mol. The number of hydrogen-bond donors (Lipinski definition) is 5. The van der Waals surface area contributed by atoms with Crippen molar-refractivity contribution in [1.82, 2.24) is 23.2 Å². The second-order valence-electron chi connectivity index (χ2n) is 4.44. The standard InChI is InChI=1S/C5H25N5Si5/c1-11-6-12(2)8-14(4)10-15(5)9-13(3)7-11/h6-15H,1-5H3. The summed E-state index contributed by atoms with van der Waals surface area (Å²) in [6, 6.07) is 0. The molecule has 1 aliphatic heterocycles. The molecule has 1 fully saturated rings. The van der Waals surface area contributed by atoms with Crippen LogP contribution >= 0.6 is 0 Å². The summed E-state index contributed by atoms with van der Waals surface area (Å²) in [5.74, 6) is 0. The smallest absolute Gasteiger partial charge is 0.169 e. The van der Waals surface area contributed by atoms with E-state index >= 15 is 0 Å². The summed E-state index contributed by atoms with van der Waals surface area (Å²) >= 11 is 0. The molecule has 90 valence electrons. The van der Waals surface area contributed by atoms with Gasteiger partial charge < -0.3 is 23.2 Å². The molecule has 0 aliphatic carbocycles. The van der Waals surface area contributed by atoms with Crippen molar-refractivity contribution in [2.75, 3.05) is 0 Å². The van der Waals surface area contributed by atoms with Gasteiger partial charge >= 0.3 is 0 Å². The minimum atomic E-state index is -0.873. The molecule has 0 amide bonds. The van der Waals surface area contributed by atoms with E-state index < -0.39 is 45.6 Å². The Morgan fingerprint density at radius 1 is 0.400 bits per heavy atom. The SMILES string of the molecule is C[SiH]1N[SiH](C)N[SiH](C)N[SiH](C)N[SiH](C)N1. The van der Waals surface area contributed by atoms with Gasteiger partial charge in [0.2, 0.25) is 0 Å². The Bertz CT molecular complexity index is 140. The fourth-order valence-corrected chi connectivity index (χ4v) is 23.4. The number of hydrogen-bond acceptors (Lipinski definition) is 5. The van der Waals surface area contributed by atoms with Crippen LogP contribution in [0, 0.1) is 0 Å². The summed E-state index contributed by atoms with van der Waals surface area (Å²) in [5.41, 5.74) is 0. The van der Waals surface area contributed by atoms with Crippen LogP contribution in [-0.4, -0.2) is 45.6 Å². The predicted octanol–water partition coefficient (Wildman–Crippen LogP) is -2.80. The Kier molecular flexibility index (Phi) is 6.12. The van der Waals surface area contributed by atoms with E-state index in [0.717, 1.165) is 0 Å². The van der Waals surface area contributed by atoms with E-state index in [4.69, 9.17) is 0 Å². The molecule has 0 unspecified atom stereocenters. The average molecular weight is 296 g/mol. The summed E-state index contributed by atoms with van der Waals surface area (Å²) in [6.45, 7) is 11.8. The van der Waals surface area contributed by atoms with Gasteiger partial charge in [-0.3, -0.25) is 0 Å². The zero-order valence-corrected chi connectivity index (χ0v) is 16.2. The maximum Gasteiger partial charge on any atom is 0.169 e. The Hall–Kier alpha value is 0.884. The summed E-state index contributed by atoms with van der Waals surface area (Å²) in [4.78, 5) is 0. The van der Waals surface area contributed by atoms with Gasteiger partial charge in [-0.2, -0.15) is 0 Å². The Labute approximate surface area is 102 Å². The average Bonchev–Trinajstić information content (AvgIpc) is 1.98. The Balaban J connectivity index is 2.55. The van der Waals surface area contributed by atoms with Crippen molar-refractivity contribution in [1.29, 1.82) is 0 Å². The van der Waals surface area contributed by atoms with Crippen LogP contribution < -0.4 is 23.2 Å². The molecule has 1 saturated heterocycles. The highest BCUT2D eigenvalue weighted by molar-refractivity contribution is 6.86. The van der Waals surface area contributed by atoms with Crippen LogP contribution in [-0.2, 0) is 0 Å². The molecule has 0 spiro atoms. The molecular weight excluding hydrogens is 271 g/mol. The van der Waals surface area contributed by atoms with Gasteiger partial charge in [-0.15, -0.1) is 0 Å². The van der Waals surface area contributed by atoms with E-state index in [2.05, 4.69) is 56.0 Å². The van der Waals surface area contributed by atoms with Gasteiger partial charge in [-0.1, -0.05) is 0 Å². The zero-order chi connectivity index (χ0) is 11.4. The molecular formula is C5H25N5Si5. The lowest BCUT2D eigenvalue weighted by Gasteiger charge is -2.31. The van der Waals surface area contributed by atoms with E-state index in [1.807, 2.05) is 0 Å². The van der Waals surface area contributed by atoms with Gasteiger partial charge in [0.15, 0.2) is 45.6 Å². The van der Waals surface area contributed by atoms with Crippen LogP contribution in [0.5, 0.6) is 0 Å². The molecule has 5 N–H and O–H groups in total. The molecule has 15 heavy (non-hydrogen) atoms. The molecule has 5 nitrogen and oxygen atoms in total. The second-order valence-corrected chi connectivity index (χ2v) is 18.3. The zero-order valence-electron chi connectivity index (χ0n) is 10.4. The van der Waals surface area contributed by atoms with Crippen LogP contribution in [0.1, 0.15) is 0 Å². The van der Waals surface area contributed by atoms with Crippen LogP contribution in [0.4, 0.5) is 0 Å². The first-order valence-electron chi connectivity index (χ1n) is 5.77. The maximum atomic E-state index is 3.79. The third-order valence-electron chi connectivity index (χ3n) is 2.50. The molecule has 0 atom stereocenters. The number of nitrogens with one attached hydrogen (secondary N) is 5. The molecule has 1 aliphatic rings. The summed E-state index contributed by atoms with van der Waals surface area (Å²) in [5, 5.41) is 0. The van der Waals surface area contributed by atoms with Crippen LogP contribution in [0.25, 0.3) is 0 Å². The first-order chi connectivity index (χ1) is 6.97. The number of rotatable bonds is 0. The van der Waals surface area contributed by atoms with E-state index in [-0.39, 0.29) is 0 Å². The molecule has 1 rings (SSSR count). The molecule has 0 saturated carbocycles. The third-order valence-corrected chi connectivity index (χ3v) is 22.5. The van der Waals surface area contributed by atoms with Crippen molar-refractivity contribution in [2.45, 2.75) is 32.7 Å². The quantitative estimate of drug-likeness (QED) is 0.313. The van der Waals surface area contributed by atoms with Crippen LogP contribution in [0.15, 0.2) is 0 Å². The van der Waals surface area contributed by atoms with Gasteiger partial charge in [0, 0.05) is 0 Å². The first-order valence-corrected chi connectivity index (χ1v) is 17.3. The lowest BCUT2D eigenvalue weighted by molar-refractivity contribution is 1.16. The molecule has 10 heteroatoms. The van der Waals surface area contributed by atoms with Crippen LogP contribution in [0.2, 0.25) is 32.7 Å². The summed E-state index contributed by atoms with van der Waals surface area (Å²) in [6.07, 6.45) is 0.